The van der Waals surface area contributed by atoms with Gasteiger partial charge in [-0.2, -0.15) is 26.3 Å². The minimum absolute atomic E-state index is 0.119. The van der Waals surface area contributed by atoms with Crippen molar-refractivity contribution < 1.29 is 36.2 Å². The molecule has 1 rings (SSSR count). The molecule has 0 saturated heterocycles. The Bertz CT molecular complexity index is 311. The van der Waals surface area contributed by atoms with Crippen molar-refractivity contribution in [1.29, 1.82) is 0 Å². The number of carbonyl (C=O) groups excluding carboxylic acids is 1. The second-order valence-corrected chi connectivity index (χ2v) is 4.26. The fourth-order valence-corrected chi connectivity index (χ4v) is 2.27. The van der Waals surface area contributed by atoms with Crippen molar-refractivity contribution in [3.05, 3.63) is 0 Å². The van der Waals surface area contributed by atoms with E-state index in [9.17, 15) is 36.2 Å². The van der Waals surface area contributed by atoms with Gasteiger partial charge in [0.1, 0.15) is 5.41 Å². The highest BCUT2D eigenvalue weighted by atomic mass is 35.5. The molecule has 3 unspecified atom stereocenters. The Morgan fingerprint density at radius 3 is 1.62 bits per heavy atom. The summed E-state index contributed by atoms with van der Waals surface area (Å²) in [7, 11) is 0. The summed E-state index contributed by atoms with van der Waals surface area (Å²) in [5.74, 6) is -5.30. The first-order valence-electron chi connectivity index (χ1n) is 3.85. The van der Waals surface area contributed by atoms with E-state index in [1.165, 1.54) is 0 Å². The number of alkyl halides is 7. The van der Waals surface area contributed by atoms with Gasteiger partial charge in [0.15, 0.2) is 4.87 Å². The zero-order chi connectivity index (χ0) is 13.2. The van der Waals surface area contributed by atoms with Gasteiger partial charge >= 0.3 is 12.4 Å². The van der Waals surface area contributed by atoms with Crippen LogP contribution in [0.1, 0.15) is 6.92 Å². The van der Waals surface area contributed by atoms with Gasteiger partial charge in [0, 0.05) is 11.9 Å². The number of aliphatic carboxylic acids is 1. The third-order valence-electron chi connectivity index (χ3n) is 2.88. The molecule has 0 N–H and O–H groups in total. The zero-order valence-electron chi connectivity index (χ0n) is 7.54. The van der Waals surface area contributed by atoms with E-state index in [1.54, 1.807) is 0 Å². The van der Waals surface area contributed by atoms with Crippen molar-refractivity contribution in [2.75, 3.05) is 0 Å². The molecule has 0 aliphatic heterocycles. The molecule has 0 aromatic heterocycles. The van der Waals surface area contributed by atoms with Gasteiger partial charge in [-0.1, -0.05) is 0 Å². The maximum absolute atomic E-state index is 12.4. The van der Waals surface area contributed by atoms with Crippen LogP contribution >= 0.6 is 11.6 Å². The number of rotatable bonds is 1. The van der Waals surface area contributed by atoms with Gasteiger partial charge in [0.2, 0.25) is 0 Å². The van der Waals surface area contributed by atoms with E-state index in [0.29, 0.717) is 0 Å². The molecule has 1 fully saturated rings. The third kappa shape index (κ3) is 1.25. The lowest BCUT2D eigenvalue weighted by Crippen LogP contribution is -2.38. The molecule has 3 atom stereocenters. The summed E-state index contributed by atoms with van der Waals surface area (Å²) in [5, 5.41) is 10.3. The Morgan fingerprint density at radius 1 is 1.19 bits per heavy atom. The highest BCUT2D eigenvalue weighted by Gasteiger charge is 2.93. The lowest BCUT2D eigenvalue weighted by atomic mass is 10.0. The number of hydrogen-bond donors (Lipinski definition) is 0. The minimum atomic E-state index is -5.48. The quantitative estimate of drug-likeness (QED) is 0.534. The van der Waals surface area contributed by atoms with Gasteiger partial charge in [0.05, 0.1) is 0 Å². The van der Waals surface area contributed by atoms with E-state index >= 15 is 0 Å². The third-order valence-corrected chi connectivity index (χ3v) is 3.71. The van der Waals surface area contributed by atoms with Crippen LogP contribution in [-0.4, -0.2) is 23.2 Å². The average Bonchev–Trinajstić information content (AvgIpc) is 2.49. The highest BCUT2D eigenvalue weighted by molar-refractivity contribution is 6.30. The normalized spacial score (nSPS) is 39.6. The molecule has 94 valence electrons. The number of carboxylic acid groups (broad SMARTS) is 1. The standard InChI is InChI=1S/C7H5ClF6O2/c1-4(6(9,10)11)2(3(15)16)5(4,8)7(12,13)14/h2H,1H3,(H,15,16)/p-1. The number of carbonyl (C=O) groups is 1. The van der Waals surface area contributed by atoms with Crippen LogP contribution in [0.15, 0.2) is 0 Å². The zero-order valence-corrected chi connectivity index (χ0v) is 8.30. The van der Waals surface area contributed by atoms with E-state index in [1.807, 2.05) is 0 Å². The molecule has 1 aliphatic rings. The van der Waals surface area contributed by atoms with Crippen LogP contribution in [0.5, 0.6) is 0 Å². The molecule has 1 saturated carbocycles. The molecule has 16 heavy (non-hydrogen) atoms. The summed E-state index contributed by atoms with van der Waals surface area (Å²) in [6.07, 6.45) is -10.9. The Morgan fingerprint density at radius 2 is 1.56 bits per heavy atom. The number of halogens is 7. The lowest BCUT2D eigenvalue weighted by Gasteiger charge is -2.21. The minimum Gasteiger partial charge on any atom is -0.550 e. The van der Waals surface area contributed by atoms with Crippen LogP contribution in [0, 0.1) is 11.3 Å². The molecule has 9 heteroatoms. The van der Waals surface area contributed by atoms with E-state index in [0.717, 1.165) is 0 Å². The molecular weight excluding hydrogens is 266 g/mol. The van der Waals surface area contributed by atoms with Gasteiger partial charge in [0.25, 0.3) is 0 Å². The second-order valence-electron chi connectivity index (χ2n) is 3.66. The first-order chi connectivity index (χ1) is 6.82. The van der Waals surface area contributed by atoms with Crippen molar-refractivity contribution in [2.24, 2.45) is 11.3 Å². The predicted octanol–water partition coefficient (Wildman–Crippen LogP) is 1.47. The summed E-state index contributed by atoms with van der Waals surface area (Å²) in [6.45, 7) is 0.119. The molecule has 1 aliphatic carbocycles. The van der Waals surface area contributed by atoms with E-state index in [4.69, 9.17) is 11.6 Å². The van der Waals surface area contributed by atoms with Crippen LogP contribution < -0.4 is 5.11 Å². The Kier molecular flexibility index (Phi) is 2.48. The summed E-state index contributed by atoms with van der Waals surface area (Å²) in [4.78, 5) is 6.44. The SMILES string of the molecule is CC1(C(F)(F)F)C(C(=O)[O-])C1(Cl)C(F)(F)F. The van der Waals surface area contributed by atoms with E-state index in [-0.39, 0.29) is 6.92 Å². The van der Waals surface area contributed by atoms with Gasteiger partial charge in [-0.3, -0.25) is 0 Å². The van der Waals surface area contributed by atoms with Gasteiger partial charge in [-0.25, -0.2) is 0 Å². The molecule has 0 spiro atoms. The van der Waals surface area contributed by atoms with Gasteiger partial charge < -0.3 is 9.90 Å². The smallest absolute Gasteiger partial charge is 0.409 e. The maximum atomic E-state index is 12.4. The molecule has 0 heterocycles. The van der Waals surface area contributed by atoms with Gasteiger partial charge in [-0.15, -0.1) is 11.6 Å². The summed E-state index contributed by atoms with van der Waals surface area (Å²) >= 11 is 4.81. The predicted molar refractivity (Wildman–Crippen MR) is 37.3 cm³/mol. The maximum Gasteiger partial charge on any atom is 0.409 e. The number of hydrogen-bond acceptors (Lipinski definition) is 2. The monoisotopic (exact) mass is 269 g/mol. The number of carboxylic acids is 1. The molecule has 0 aromatic carbocycles. The Balaban J connectivity index is 3.29. The summed E-state index contributed by atoms with van der Waals surface area (Å²) in [5.41, 5.74) is -3.56. The summed E-state index contributed by atoms with van der Waals surface area (Å²) in [6, 6.07) is 0. The molecule has 0 aromatic rings. The topological polar surface area (TPSA) is 40.1 Å². The van der Waals surface area contributed by atoms with Crippen LogP contribution in [-0.2, 0) is 4.79 Å². The van der Waals surface area contributed by atoms with Crippen LogP contribution in [0.25, 0.3) is 0 Å². The van der Waals surface area contributed by atoms with Crippen molar-refractivity contribution in [1.82, 2.24) is 0 Å². The first-order valence-corrected chi connectivity index (χ1v) is 4.23. The molecule has 0 amide bonds. The van der Waals surface area contributed by atoms with Crippen LogP contribution in [0.3, 0.4) is 0 Å². The molecular formula is C7H4ClF6O2-. The van der Waals surface area contributed by atoms with Crippen LogP contribution in [0.2, 0.25) is 0 Å². The largest absolute Gasteiger partial charge is 0.550 e. The average molecular weight is 270 g/mol. The molecule has 0 radical (unpaired) electrons. The van der Waals surface area contributed by atoms with Gasteiger partial charge in [-0.05, 0) is 6.92 Å². The van der Waals surface area contributed by atoms with Crippen molar-refractivity contribution in [3.8, 4) is 0 Å². The fourth-order valence-electron chi connectivity index (χ4n) is 1.80. The fraction of sp³-hybridized carbons (Fsp3) is 0.857. The summed E-state index contributed by atoms with van der Waals surface area (Å²) < 4.78 is 74.2. The Labute approximate surface area is 90.2 Å². The first kappa shape index (κ1) is 13.4. The van der Waals surface area contributed by atoms with E-state index < -0.39 is 34.5 Å². The second kappa shape index (κ2) is 2.96. The highest BCUT2D eigenvalue weighted by Crippen LogP contribution is 2.77. The molecule has 2 nitrogen and oxygen atoms in total. The van der Waals surface area contributed by atoms with E-state index in [2.05, 4.69) is 0 Å². The van der Waals surface area contributed by atoms with Crippen molar-refractivity contribution in [2.45, 2.75) is 24.2 Å². The molecule has 0 bridgehead atoms. The lowest BCUT2D eigenvalue weighted by molar-refractivity contribution is -0.312. The van der Waals surface area contributed by atoms with Crippen molar-refractivity contribution >= 4 is 17.6 Å². The van der Waals surface area contributed by atoms with Crippen molar-refractivity contribution in [3.63, 3.8) is 0 Å². The van der Waals surface area contributed by atoms with Crippen LogP contribution in [0.4, 0.5) is 26.3 Å². The Hall–Kier alpha value is -0.660.